The highest BCUT2D eigenvalue weighted by molar-refractivity contribution is 5.98. The molecular weight excluding hydrogens is 362 g/mol. The van der Waals surface area contributed by atoms with Gasteiger partial charge >= 0.3 is 6.03 Å². The summed E-state index contributed by atoms with van der Waals surface area (Å²) >= 11 is 0. The first-order valence-electron chi connectivity index (χ1n) is 8.78. The molecule has 148 valence electrons. The molecule has 1 aliphatic heterocycles. The molecule has 1 aliphatic rings. The number of urea groups is 1. The van der Waals surface area contributed by atoms with Crippen LogP contribution in [0, 0.1) is 0 Å². The fourth-order valence-electron chi connectivity index (χ4n) is 3.07. The maximum absolute atomic E-state index is 12.4. The van der Waals surface area contributed by atoms with Gasteiger partial charge in [0.05, 0.1) is 33.1 Å². The fourth-order valence-corrected chi connectivity index (χ4v) is 3.07. The Bertz CT molecular complexity index is 853. The molecular formula is C20H23N3O5. The summed E-state index contributed by atoms with van der Waals surface area (Å²) in [4.78, 5) is 26.4. The monoisotopic (exact) mass is 385 g/mol. The van der Waals surface area contributed by atoms with Gasteiger partial charge in [0.15, 0.2) is 0 Å². The average Bonchev–Trinajstić information content (AvgIpc) is 3.07. The van der Waals surface area contributed by atoms with Gasteiger partial charge in [-0.25, -0.2) is 4.79 Å². The van der Waals surface area contributed by atoms with Crippen LogP contribution in [-0.2, 0) is 4.79 Å². The van der Waals surface area contributed by atoms with Crippen molar-refractivity contribution < 1.29 is 23.8 Å². The Hall–Kier alpha value is -3.42. The van der Waals surface area contributed by atoms with E-state index < -0.39 is 6.03 Å². The summed E-state index contributed by atoms with van der Waals surface area (Å²) in [6, 6.07) is 11.6. The largest absolute Gasteiger partial charge is 0.497 e. The topological polar surface area (TPSA) is 89.1 Å². The third kappa shape index (κ3) is 4.28. The fraction of sp³-hybridized carbons (Fsp3) is 0.300. The van der Waals surface area contributed by atoms with Crippen molar-refractivity contribution >= 4 is 23.3 Å². The first-order valence-corrected chi connectivity index (χ1v) is 8.78. The molecule has 1 atom stereocenters. The third-order valence-corrected chi connectivity index (χ3v) is 4.50. The van der Waals surface area contributed by atoms with Gasteiger partial charge in [0.1, 0.15) is 17.2 Å². The van der Waals surface area contributed by atoms with Crippen molar-refractivity contribution in [2.75, 3.05) is 38.1 Å². The SMILES string of the molecule is COc1ccc(N2C[C@@H](NC(=O)Nc3cc(OC)ccc3OC)CC2=O)cc1. The lowest BCUT2D eigenvalue weighted by Crippen LogP contribution is -2.39. The van der Waals surface area contributed by atoms with Crippen LogP contribution in [0.3, 0.4) is 0 Å². The smallest absolute Gasteiger partial charge is 0.319 e. The van der Waals surface area contributed by atoms with Gasteiger partial charge in [-0.15, -0.1) is 0 Å². The van der Waals surface area contributed by atoms with Crippen LogP contribution >= 0.6 is 0 Å². The molecule has 3 rings (SSSR count). The minimum Gasteiger partial charge on any atom is -0.497 e. The summed E-state index contributed by atoms with van der Waals surface area (Å²) in [6.45, 7) is 0.397. The molecule has 0 unspecified atom stereocenters. The van der Waals surface area contributed by atoms with Gasteiger partial charge in [0.2, 0.25) is 5.91 Å². The number of carbonyl (C=O) groups excluding carboxylic acids is 2. The second kappa shape index (κ2) is 8.51. The number of ether oxygens (including phenoxy) is 3. The Morgan fingerprint density at radius 3 is 2.32 bits per heavy atom. The average molecular weight is 385 g/mol. The summed E-state index contributed by atoms with van der Waals surface area (Å²) in [5, 5.41) is 5.58. The number of benzene rings is 2. The van der Waals surface area contributed by atoms with Crippen molar-refractivity contribution in [3.63, 3.8) is 0 Å². The van der Waals surface area contributed by atoms with Gasteiger partial charge in [0.25, 0.3) is 0 Å². The summed E-state index contributed by atoms with van der Waals surface area (Å²) in [6.07, 6.45) is 0.231. The van der Waals surface area contributed by atoms with Crippen LogP contribution in [0.1, 0.15) is 6.42 Å². The third-order valence-electron chi connectivity index (χ3n) is 4.50. The van der Waals surface area contributed by atoms with Gasteiger partial charge in [-0.3, -0.25) is 4.79 Å². The van der Waals surface area contributed by atoms with Gasteiger partial charge < -0.3 is 29.7 Å². The van der Waals surface area contributed by atoms with Crippen molar-refractivity contribution in [1.82, 2.24) is 5.32 Å². The van der Waals surface area contributed by atoms with E-state index in [-0.39, 0.29) is 18.4 Å². The van der Waals surface area contributed by atoms with Crippen molar-refractivity contribution in [3.05, 3.63) is 42.5 Å². The second-order valence-corrected chi connectivity index (χ2v) is 6.27. The van der Waals surface area contributed by atoms with Crippen molar-refractivity contribution in [2.45, 2.75) is 12.5 Å². The molecule has 0 aliphatic carbocycles. The van der Waals surface area contributed by atoms with Crippen molar-refractivity contribution in [3.8, 4) is 17.2 Å². The Morgan fingerprint density at radius 1 is 1.00 bits per heavy atom. The Morgan fingerprint density at radius 2 is 1.68 bits per heavy atom. The zero-order valence-corrected chi connectivity index (χ0v) is 16.0. The Kier molecular flexibility index (Phi) is 5.88. The molecule has 2 aromatic carbocycles. The van der Waals surface area contributed by atoms with Crippen LogP contribution in [0.2, 0.25) is 0 Å². The molecule has 28 heavy (non-hydrogen) atoms. The van der Waals surface area contributed by atoms with E-state index in [0.29, 0.717) is 23.7 Å². The number of nitrogens with zero attached hydrogens (tertiary/aromatic N) is 1. The van der Waals surface area contributed by atoms with Crippen LogP contribution in [0.15, 0.2) is 42.5 Å². The van der Waals surface area contributed by atoms with Crippen molar-refractivity contribution in [2.24, 2.45) is 0 Å². The molecule has 2 N–H and O–H groups in total. The number of nitrogens with one attached hydrogen (secondary N) is 2. The Balaban J connectivity index is 1.63. The van der Waals surface area contributed by atoms with E-state index in [4.69, 9.17) is 14.2 Å². The number of rotatable bonds is 6. The zero-order valence-electron chi connectivity index (χ0n) is 16.0. The standard InChI is InChI=1S/C20H23N3O5/c1-26-15-6-4-14(5-7-15)23-12-13(10-19(23)24)21-20(25)22-17-11-16(27-2)8-9-18(17)28-3/h4-9,11,13H,10,12H2,1-3H3,(H2,21,22,25)/t13-/m0/s1. The van der Waals surface area contributed by atoms with Crippen LogP contribution in [0.4, 0.5) is 16.2 Å². The highest BCUT2D eigenvalue weighted by Crippen LogP contribution is 2.29. The lowest BCUT2D eigenvalue weighted by atomic mass is 10.2. The number of anilines is 2. The number of carbonyl (C=O) groups is 2. The lowest BCUT2D eigenvalue weighted by molar-refractivity contribution is -0.117. The molecule has 0 bridgehead atoms. The molecule has 8 heteroatoms. The van der Waals surface area contributed by atoms with Crippen LogP contribution in [0.25, 0.3) is 0 Å². The normalized spacial score (nSPS) is 15.9. The first kappa shape index (κ1) is 19.3. The molecule has 1 fully saturated rings. The predicted molar refractivity (Wildman–Crippen MR) is 105 cm³/mol. The number of hydrogen-bond acceptors (Lipinski definition) is 5. The summed E-state index contributed by atoms with van der Waals surface area (Å²) < 4.78 is 15.6. The molecule has 1 saturated heterocycles. The van der Waals surface area contributed by atoms with E-state index in [1.54, 1.807) is 49.5 Å². The molecule has 1 heterocycles. The van der Waals surface area contributed by atoms with E-state index in [1.165, 1.54) is 7.11 Å². The molecule has 8 nitrogen and oxygen atoms in total. The molecule has 0 aromatic heterocycles. The first-order chi connectivity index (χ1) is 13.5. The van der Waals surface area contributed by atoms with Gasteiger partial charge in [-0.05, 0) is 36.4 Å². The van der Waals surface area contributed by atoms with Gasteiger partial charge in [-0.2, -0.15) is 0 Å². The minimum atomic E-state index is -0.416. The molecule has 2 aromatic rings. The highest BCUT2D eigenvalue weighted by atomic mass is 16.5. The van der Waals surface area contributed by atoms with Crippen LogP contribution in [0.5, 0.6) is 17.2 Å². The number of amides is 3. The highest BCUT2D eigenvalue weighted by Gasteiger charge is 2.31. The molecule has 0 radical (unpaired) electrons. The van der Waals surface area contributed by atoms with Crippen molar-refractivity contribution in [1.29, 1.82) is 0 Å². The molecule has 3 amide bonds. The van der Waals surface area contributed by atoms with E-state index in [0.717, 1.165) is 11.4 Å². The Labute approximate surface area is 163 Å². The summed E-state index contributed by atoms with van der Waals surface area (Å²) in [5.74, 6) is 1.78. The second-order valence-electron chi connectivity index (χ2n) is 6.27. The number of methoxy groups -OCH3 is 3. The maximum Gasteiger partial charge on any atom is 0.319 e. The number of hydrogen-bond donors (Lipinski definition) is 2. The van der Waals surface area contributed by atoms with E-state index in [1.807, 2.05) is 12.1 Å². The van der Waals surface area contributed by atoms with Gasteiger partial charge in [-0.1, -0.05) is 0 Å². The maximum atomic E-state index is 12.4. The van der Waals surface area contributed by atoms with E-state index in [2.05, 4.69) is 10.6 Å². The summed E-state index contributed by atoms with van der Waals surface area (Å²) in [5.41, 5.74) is 1.25. The quantitative estimate of drug-likeness (QED) is 0.798. The summed E-state index contributed by atoms with van der Waals surface area (Å²) in [7, 11) is 4.66. The zero-order chi connectivity index (χ0) is 20.1. The van der Waals surface area contributed by atoms with Gasteiger partial charge in [0, 0.05) is 24.7 Å². The minimum absolute atomic E-state index is 0.0468. The van der Waals surface area contributed by atoms with E-state index in [9.17, 15) is 9.59 Å². The lowest BCUT2D eigenvalue weighted by Gasteiger charge is -2.18. The van der Waals surface area contributed by atoms with Crippen LogP contribution < -0.4 is 29.7 Å². The van der Waals surface area contributed by atoms with Crippen LogP contribution in [-0.4, -0.2) is 45.9 Å². The molecule has 0 spiro atoms. The van der Waals surface area contributed by atoms with E-state index >= 15 is 0 Å². The molecule has 0 saturated carbocycles. The predicted octanol–water partition coefficient (Wildman–Crippen LogP) is 2.64.